The van der Waals surface area contributed by atoms with E-state index in [1.807, 2.05) is 93.6 Å². The van der Waals surface area contributed by atoms with E-state index >= 15 is 0 Å². The van der Waals surface area contributed by atoms with Gasteiger partial charge in [0.2, 0.25) is 11.8 Å². The van der Waals surface area contributed by atoms with Gasteiger partial charge in [-0.05, 0) is 50.6 Å². The average molecular weight is 585 g/mol. The van der Waals surface area contributed by atoms with Crippen LogP contribution in [0.1, 0.15) is 42.2 Å². The molecule has 0 fully saturated rings. The summed E-state index contributed by atoms with van der Waals surface area (Å²) in [6.07, 6.45) is 0.790. The second kappa shape index (κ2) is 12.7. The van der Waals surface area contributed by atoms with Crippen molar-refractivity contribution >= 4 is 29.4 Å². The van der Waals surface area contributed by atoms with Gasteiger partial charge in [0.15, 0.2) is 0 Å². The van der Waals surface area contributed by atoms with E-state index in [2.05, 4.69) is 5.32 Å². The lowest BCUT2D eigenvalue weighted by molar-refractivity contribution is -0.123. The second-order valence-electron chi connectivity index (χ2n) is 10.4. The molecule has 1 aliphatic heterocycles. The van der Waals surface area contributed by atoms with Gasteiger partial charge in [-0.3, -0.25) is 14.5 Å². The Morgan fingerprint density at radius 2 is 1.81 bits per heavy atom. The van der Waals surface area contributed by atoms with Crippen molar-refractivity contribution in [3.8, 4) is 28.4 Å². The molecule has 1 N–H and O–H groups in total. The van der Waals surface area contributed by atoms with Crippen molar-refractivity contribution in [1.82, 2.24) is 15.1 Å². The number of anilines is 1. The molecule has 2 amide bonds. The summed E-state index contributed by atoms with van der Waals surface area (Å²) < 4.78 is 13.2. The topological polar surface area (TPSA) is 85.7 Å². The highest BCUT2D eigenvalue weighted by molar-refractivity contribution is 8.00. The van der Waals surface area contributed by atoms with E-state index in [0.717, 1.165) is 40.1 Å². The third kappa shape index (κ3) is 5.87. The first-order valence-corrected chi connectivity index (χ1v) is 15.1. The highest BCUT2D eigenvalue weighted by Crippen LogP contribution is 2.51. The Morgan fingerprint density at radius 1 is 1.07 bits per heavy atom. The molecule has 9 heteroatoms. The number of ether oxygens (including phenoxy) is 2. The van der Waals surface area contributed by atoms with E-state index in [-0.39, 0.29) is 35.4 Å². The van der Waals surface area contributed by atoms with E-state index in [1.165, 1.54) is 11.8 Å². The summed E-state index contributed by atoms with van der Waals surface area (Å²) >= 11 is 1.49. The number of nitrogens with zero attached hydrogens (tertiary/aromatic N) is 3. The lowest BCUT2D eigenvalue weighted by Gasteiger charge is -2.24. The van der Waals surface area contributed by atoms with Crippen LogP contribution in [-0.2, 0) is 9.59 Å². The fourth-order valence-corrected chi connectivity index (χ4v) is 6.26. The van der Waals surface area contributed by atoms with Crippen LogP contribution in [0.2, 0.25) is 0 Å². The third-order valence-corrected chi connectivity index (χ3v) is 8.69. The van der Waals surface area contributed by atoms with Crippen molar-refractivity contribution in [2.45, 2.75) is 38.5 Å². The van der Waals surface area contributed by atoms with Crippen LogP contribution >= 0.6 is 11.8 Å². The minimum atomic E-state index is -0.342. The fourth-order valence-electron chi connectivity index (χ4n) is 5.05. The van der Waals surface area contributed by atoms with Crippen molar-refractivity contribution in [2.24, 2.45) is 0 Å². The van der Waals surface area contributed by atoms with Crippen molar-refractivity contribution < 1.29 is 19.1 Å². The number of thioether (sulfide) groups is 1. The highest BCUT2D eigenvalue weighted by atomic mass is 32.2. The standard InChI is InChI=1S/C33H36N4O4S/c1-6-22(3)34-28(38)19-36-29(39)20-42-32(26-18-25(40-4)16-17-27(26)41-5)30-31(23-10-8-7-9-11-23)35-37(33(30)36)24-14-12-21(2)13-15-24/h7-18,22,32H,6,19-20H2,1-5H3,(H,34,38)/t22-,32-/m0/s1. The molecule has 4 aromatic rings. The maximum absolute atomic E-state index is 13.9. The number of rotatable bonds is 9. The van der Waals surface area contributed by atoms with Gasteiger partial charge < -0.3 is 14.8 Å². The molecule has 2 heterocycles. The van der Waals surface area contributed by atoms with E-state index in [9.17, 15) is 9.59 Å². The zero-order valence-electron chi connectivity index (χ0n) is 24.6. The molecular formula is C33H36N4O4S. The number of aromatic nitrogens is 2. The van der Waals surface area contributed by atoms with Crippen LogP contribution in [-0.4, -0.2) is 54.2 Å². The molecule has 0 unspecified atom stereocenters. The zero-order chi connectivity index (χ0) is 29.8. The Bertz CT molecular complexity index is 1570. The molecule has 0 aliphatic carbocycles. The van der Waals surface area contributed by atoms with Gasteiger partial charge >= 0.3 is 0 Å². The molecule has 0 radical (unpaired) electrons. The number of aryl methyl sites for hydroxylation is 1. The fraction of sp³-hybridized carbons (Fsp3) is 0.303. The smallest absolute Gasteiger partial charge is 0.240 e. The van der Waals surface area contributed by atoms with Gasteiger partial charge in [-0.25, -0.2) is 4.68 Å². The first-order valence-electron chi connectivity index (χ1n) is 14.0. The van der Waals surface area contributed by atoms with Crippen molar-refractivity contribution in [1.29, 1.82) is 0 Å². The average Bonchev–Trinajstić information content (AvgIpc) is 3.34. The van der Waals surface area contributed by atoms with Crippen LogP contribution in [0.5, 0.6) is 11.5 Å². The van der Waals surface area contributed by atoms with E-state index in [0.29, 0.717) is 17.3 Å². The second-order valence-corrected chi connectivity index (χ2v) is 11.4. The van der Waals surface area contributed by atoms with E-state index in [1.54, 1.807) is 23.8 Å². The molecule has 1 aliphatic rings. The maximum Gasteiger partial charge on any atom is 0.240 e. The zero-order valence-corrected chi connectivity index (χ0v) is 25.4. The van der Waals surface area contributed by atoms with E-state index in [4.69, 9.17) is 14.6 Å². The molecule has 8 nitrogen and oxygen atoms in total. The summed E-state index contributed by atoms with van der Waals surface area (Å²) in [6, 6.07) is 23.6. The number of benzene rings is 3. The molecule has 42 heavy (non-hydrogen) atoms. The van der Waals surface area contributed by atoms with Crippen molar-refractivity contribution in [3.05, 3.63) is 89.5 Å². The Labute approximate surface area is 251 Å². The van der Waals surface area contributed by atoms with Gasteiger partial charge in [-0.2, -0.15) is 5.10 Å². The molecule has 2 atom stereocenters. The predicted molar refractivity (Wildman–Crippen MR) is 168 cm³/mol. The third-order valence-electron chi connectivity index (χ3n) is 7.46. The van der Waals surface area contributed by atoms with Gasteiger partial charge in [0.05, 0.1) is 36.6 Å². The molecule has 218 valence electrons. The monoisotopic (exact) mass is 584 g/mol. The van der Waals surface area contributed by atoms with Crippen LogP contribution in [0.4, 0.5) is 5.82 Å². The number of carbonyl (C=O) groups is 2. The SMILES string of the molecule is CC[C@H](C)NC(=O)CN1C(=O)CS[C@@H](c2cc(OC)ccc2OC)c2c(-c3ccccc3)nn(-c3ccc(C)cc3)c21. The van der Waals surface area contributed by atoms with Gasteiger partial charge in [0, 0.05) is 22.7 Å². The molecule has 0 saturated carbocycles. The van der Waals surface area contributed by atoms with Gasteiger partial charge in [0.1, 0.15) is 23.9 Å². The normalized spacial score (nSPS) is 15.5. The van der Waals surface area contributed by atoms with Crippen LogP contribution < -0.4 is 19.7 Å². The molecule has 0 bridgehead atoms. The summed E-state index contributed by atoms with van der Waals surface area (Å²) in [4.78, 5) is 28.8. The molecule has 0 spiro atoms. The van der Waals surface area contributed by atoms with Crippen LogP contribution in [0.15, 0.2) is 72.8 Å². The lowest BCUT2D eigenvalue weighted by Crippen LogP contribution is -2.44. The summed E-state index contributed by atoms with van der Waals surface area (Å²) in [5, 5.41) is 7.83. The quantitative estimate of drug-likeness (QED) is 0.262. The minimum Gasteiger partial charge on any atom is -0.497 e. The highest BCUT2D eigenvalue weighted by Gasteiger charge is 2.39. The van der Waals surface area contributed by atoms with E-state index < -0.39 is 0 Å². The number of hydrogen-bond donors (Lipinski definition) is 1. The Hall–Kier alpha value is -4.24. The molecule has 5 rings (SSSR count). The van der Waals surface area contributed by atoms with Crippen LogP contribution in [0, 0.1) is 6.92 Å². The first kappa shape index (κ1) is 29.3. The maximum atomic E-state index is 13.9. The van der Waals surface area contributed by atoms with Crippen molar-refractivity contribution in [2.75, 3.05) is 31.4 Å². The Balaban J connectivity index is 1.81. The summed E-state index contributed by atoms with van der Waals surface area (Å²) in [6.45, 7) is 5.88. The lowest BCUT2D eigenvalue weighted by atomic mass is 9.98. The molecule has 1 aromatic heterocycles. The molecule has 0 saturated heterocycles. The van der Waals surface area contributed by atoms with Crippen LogP contribution in [0.25, 0.3) is 16.9 Å². The summed E-state index contributed by atoms with van der Waals surface area (Å²) in [7, 11) is 3.27. The number of hydrogen-bond acceptors (Lipinski definition) is 6. The number of fused-ring (bicyclic) bond motifs is 1. The minimum absolute atomic E-state index is 0.0101. The Morgan fingerprint density at radius 3 is 2.48 bits per heavy atom. The largest absolute Gasteiger partial charge is 0.497 e. The molecule has 3 aromatic carbocycles. The first-order chi connectivity index (χ1) is 20.3. The predicted octanol–water partition coefficient (Wildman–Crippen LogP) is 5.95. The summed E-state index contributed by atoms with van der Waals surface area (Å²) in [5.74, 6) is 1.71. The number of nitrogens with one attached hydrogen (secondary N) is 1. The van der Waals surface area contributed by atoms with Gasteiger partial charge in [0.25, 0.3) is 0 Å². The van der Waals surface area contributed by atoms with Gasteiger partial charge in [-0.1, -0.05) is 55.0 Å². The number of methoxy groups -OCH3 is 2. The Kier molecular flexibility index (Phi) is 8.87. The van der Waals surface area contributed by atoms with Crippen LogP contribution in [0.3, 0.4) is 0 Å². The number of amides is 2. The van der Waals surface area contributed by atoms with Crippen molar-refractivity contribution in [3.63, 3.8) is 0 Å². The summed E-state index contributed by atoms with van der Waals surface area (Å²) in [5.41, 5.74) is 5.24. The molecular weight excluding hydrogens is 548 g/mol. The van der Waals surface area contributed by atoms with Gasteiger partial charge in [-0.15, -0.1) is 11.8 Å². The number of carbonyl (C=O) groups excluding carboxylic acids is 2.